The highest BCUT2D eigenvalue weighted by atomic mass is 16.2. The van der Waals surface area contributed by atoms with Gasteiger partial charge in [-0.15, -0.1) is 0 Å². The molecule has 0 unspecified atom stereocenters. The lowest BCUT2D eigenvalue weighted by atomic mass is 10.1. The molecule has 3 rings (SSSR count). The highest BCUT2D eigenvalue weighted by Crippen LogP contribution is 2.16. The molecule has 0 saturated carbocycles. The van der Waals surface area contributed by atoms with Gasteiger partial charge in [0.1, 0.15) is 5.82 Å². The highest BCUT2D eigenvalue weighted by molar-refractivity contribution is 5.74. The van der Waals surface area contributed by atoms with Gasteiger partial charge in [-0.1, -0.05) is 0 Å². The van der Waals surface area contributed by atoms with Crippen LogP contribution < -0.4 is 16.0 Å². The van der Waals surface area contributed by atoms with Crippen LogP contribution >= 0.6 is 0 Å². The Labute approximate surface area is 159 Å². The van der Waals surface area contributed by atoms with Gasteiger partial charge in [0.2, 0.25) is 5.95 Å². The SMILES string of the molecule is Cc1cc(N2CCN(C(=O)NCCCc3c(C)n[nH]c3C)CC2)nc(N)n1. The van der Waals surface area contributed by atoms with Crippen molar-refractivity contribution in [1.29, 1.82) is 0 Å². The first kappa shape index (κ1) is 18.9. The number of H-pyrrole nitrogens is 1. The Morgan fingerprint density at radius 1 is 1.22 bits per heavy atom. The Bertz CT molecular complexity index is 755. The fourth-order valence-corrected chi connectivity index (χ4v) is 3.39. The fourth-order valence-electron chi connectivity index (χ4n) is 3.39. The fraction of sp³-hybridized carbons (Fsp3) is 0.556. The van der Waals surface area contributed by atoms with E-state index in [0.29, 0.717) is 19.6 Å². The van der Waals surface area contributed by atoms with Gasteiger partial charge in [-0.05, 0) is 39.2 Å². The normalized spacial score (nSPS) is 14.5. The van der Waals surface area contributed by atoms with E-state index in [9.17, 15) is 4.79 Å². The molecule has 2 aromatic heterocycles. The summed E-state index contributed by atoms with van der Waals surface area (Å²) >= 11 is 0. The van der Waals surface area contributed by atoms with Gasteiger partial charge in [0, 0.05) is 50.2 Å². The first-order valence-corrected chi connectivity index (χ1v) is 9.33. The largest absolute Gasteiger partial charge is 0.368 e. The summed E-state index contributed by atoms with van der Waals surface area (Å²) in [6.07, 6.45) is 1.81. The number of aromatic nitrogens is 4. The summed E-state index contributed by atoms with van der Waals surface area (Å²) < 4.78 is 0. The first-order chi connectivity index (χ1) is 12.9. The second kappa shape index (κ2) is 8.24. The number of aromatic amines is 1. The molecule has 0 aromatic carbocycles. The number of nitrogens with zero attached hydrogens (tertiary/aromatic N) is 5. The van der Waals surface area contributed by atoms with E-state index in [1.165, 1.54) is 5.56 Å². The van der Waals surface area contributed by atoms with E-state index < -0.39 is 0 Å². The molecule has 1 aliphatic rings. The van der Waals surface area contributed by atoms with Crippen LogP contribution in [0.2, 0.25) is 0 Å². The quantitative estimate of drug-likeness (QED) is 0.679. The van der Waals surface area contributed by atoms with Crippen molar-refractivity contribution in [3.8, 4) is 0 Å². The number of hydrogen-bond acceptors (Lipinski definition) is 6. The number of carbonyl (C=O) groups excluding carboxylic acids is 1. The van der Waals surface area contributed by atoms with Crippen molar-refractivity contribution in [3.63, 3.8) is 0 Å². The van der Waals surface area contributed by atoms with Gasteiger partial charge in [0.15, 0.2) is 0 Å². The van der Waals surface area contributed by atoms with Crippen LogP contribution in [0.3, 0.4) is 0 Å². The number of hydrogen-bond donors (Lipinski definition) is 3. The molecule has 3 heterocycles. The minimum absolute atomic E-state index is 0.00586. The van der Waals surface area contributed by atoms with Gasteiger partial charge in [-0.2, -0.15) is 10.1 Å². The highest BCUT2D eigenvalue weighted by Gasteiger charge is 2.22. The van der Waals surface area contributed by atoms with E-state index in [0.717, 1.165) is 48.8 Å². The van der Waals surface area contributed by atoms with Crippen LogP contribution in [-0.4, -0.2) is 63.8 Å². The Hall–Kier alpha value is -2.84. The van der Waals surface area contributed by atoms with Gasteiger partial charge in [-0.3, -0.25) is 5.10 Å². The lowest BCUT2D eigenvalue weighted by Gasteiger charge is -2.35. The molecule has 1 fully saturated rings. The molecule has 1 aliphatic heterocycles. The van der Waals surface area contributed by atoms with Crippen molar-refractivity contribution in [2.45, 2.75) is 33.6 Å². The average Bonchev–Trinajstić information content (AvgIpc) is 2.96. The standard InChI is InChI=1S/C18H28N8O/c1-12-11-16(22-17(19)21-12)25-7-9-26(10-8-25)18(27)20-6-4-5-15-13(2)23-24-14(15)3/h11H,4-10H2,1-3H3,(H,20,27)(H,23,24)(H2,19,21,22). The zero-order valence-electron chi connectivity index (χ0n) is 16.2. The molecule has 0 atom stereocenters. The van der Waals surface area contributed by atoms with E-state index in [4.69, 9.17) is 5.73 Å². The maximum atomic E-state index is 12.4. The molecule has 0 radical (unpaired) electrons. The number of anilines is 2. The minimum Gasteiger partial charge on any atom is -0.368 e. The zero-order valence-corrected chi connectivity index (χ0v) is 16.2. The van der Waals surface area contributed by atoms with Crippen LogP contribution in [0.25, 0.3) is 0 Å². The number of piperazine rings is 1. The second-order valence-electron chi connectivity index (χ2n) is 6.95. The predicted molar refractivity (Wildman–Crippen MR) is 105 cm³/mol. The molecule has 0 bridgehead atoms. The third-order valence-corrected chi connectivity index (χ3v) is 4.91. The topological polar surface area (TPSA) is 116 Å². The van der Waals surface area contributed by atoms with Gasteiger partial charge in [0.25, 0.3) is 0 Å². The molecular weight excluding hydrogens is 344 g/mol. The van der Waals surface area contributed by atoms with Crippen molar-refractivity contribution in [2.75, 3.05) is 43.4 Å². The van der Waals surface area contributed by atoms with E-state index in [1.54, 1.807) is 0 Å². The van der Waals surface area contributed by atoms with Crippen LogP contribution in [0.4, 0.5) is 16.6 Å². The molecular formula is C18H28N8O. The maximum absolute atomic E-state index is 12.4. The Kier molecular flexibility index (Phi) is 5.78. The molecule has 9 nitrogen and oxygen atoms in total. The number of rotatable bonds is 5. The third-order valence-electron chi connectivity index (χ3n) is 4.91. The lowest BCUT2D eigenvalue weighted by molar-refractivity contribution is 0.194. The third kappa shape index (κ3) is 4.66. The van der Waals surface area contributed by atoms with Crippen LogP contribution in [0.15, 0.2) is 6.07 Å². The Balaban J connectivity index is 1.42. The van der Waals surface area contributed by atoms with Crippen molar-refractivity contribution >= 4 is 17.8 Å². The van der Waals surface area contributed by atoms with Gasteiger partial charge >= 0.3 is 6.03 Å². The monoisotopic (exact) mass is 372 g/mol. The van der Waals surface area contributed by atoms with E-state index in [2.05, 4.69) is 30.4 Å². The molecule has 1 saturated heterocycles. The Morgan fingerprint density at radius 2 is 1.96 bits per heavy atom. The van der Waals surface area contributed by atoms with Gasteiger partial charge in [0.05, 0.1) is 5.69 Å². The summed E-state index contributed by atoms with van der Waals surface area (Å²) in [5.74, 6) is 1.11. The smallest absolute Gasteiger partial charge is 0.317 e. The number of nitrogens with two attached hydrogens (primary N) is 1. The number of urea groups is 1. The van der Waals surface area contributed by atoms with Gasteiger partial charge < -0.3 is 20.9 Å². The van der Waals surface area contributed by atoms with Crippen molar-refractivity contribution < 1.29 is 4.79 Å². The number of aryl methyl sites for hydroxylation is 3. The minimum atomic E-state index is -0.00586. The Morgan fingerprint density at radius 3 is 2.59 bits per heavy atom. The molecule has 0 aliphatic carbocycles. The van der Waals surface area contributed by atoms with Gasteiger partial charge in [-0.25, -0.2) is 9.78 Å². The summed E-state index contributed by atoms with van der Waals surface area (Å²) in [4.78, 5) is 24.8. The maximum Gasteiger partial charge on any atom is 0.317 e. The molecule has 0 spiro atoms. The summed E-state index contributed by atoms with van der Waals surface area (Å²) in [5, 5.41) is 10.2. The summed E-state index contributed by atoms with van der Waals surface area (Å²) in [5.41, 5.74) is 9.97. The van der Waals surface area contributed by atoms with E-state index >= 15 is 0 Å². The van der Waals surface area contributed by atoms with Crippen molar-refractivity contribution in [2.24, 2.45) is 0 Å². The van der Waals surface area contributed by atoms with Crippen molar-refractivity contribution in [3.05, 3.63) is 28.7 Å². The predicted octanol–water partition coefficient (Wildman–Crippen LogP) is 1.17. The lowest BCUT2D eigenvalue weighted by Crippen LogP contribution is -2.52. The van der Waals surface area contributed by atoms with E-state index in [-0.39, 0.29) is 12.0 Å². The molecule has 27 heavy (non-hydrogen) atoms. The van der Waals surface area contributed by atoms with Crippen LogP contribution in [0.5, 0.6) is 0 Å². The first-order valence-electron chi connectivity index (χ1n) is 9.33. The number of carbonyl (C=O) groups is 1. The number of nitrogen functional groups attached to an aromatic ring is 1. The summed E-state index contributed by atoms with van der Waals surface area (Å²) in [6.45, 7) is 9.38. The molecule has 2 amide bonds. The van der Waals surface area contributed by atoms with E-state index in [1.807, 2.05) is 31.7 Å². The number of amides is 2. The van der Waals surface area contributed by atoms with Crippen molar-refractivity contribution in [1.82, 2.24) is 30.4 Å². The molecule has 4 N–H and O–H groups in total. The molecule has 9 heteroatoms. The zero-order chi connectivity index (χ0) is 19.4. The van der Waals surface area contributed by atoms with Crippen LogP contribution in [0, 0.1) is 20.8 Å². The summed E-state index contributed by atoms with van der Waals surface area (Å²) in [6, 6.07) is 1.92. The average molecular weight is 372 g/mol. The van der Waals surface area contributed by atoms with Crippen LogP contribution in [-0.2, 0) is 6.42 Å². The van der Waals surface area contributed by atoms with Crippen LogP contribution in [0.1, 0.15) is 29.1 Å². The summed E-state index contributed by atoms with van der Waals surface area (Å²) in [7, 11) is 0. The molecule has 2 aromatic rings. The molecule has 146 valence electrons. The number of nitrogens with one attached hydrogen (secondary N) is 2. The second-order valence-corrected chi connectivity index (χ2v) is 6.95.